The van der Waals surface area contributed by atoms with E-state index in [-0.39, 0.29) is 0 Å². The zero-order valence-electron chi connectivity index (χ0n) is 12.0. The molecule has 1 heterocycles. The Bertz CT molecular complexity index is 528. The number of rotatable bonds is 4. The maximum Gasteiger partial charge on any atom is 0.175 e. The summed E-state index contributed by atoms with van der Waals surface area (Å²) in [6, 6.07) is 7.17. The Balaban J connectivity index is 2.05. The van der Waals surface area contributed by atoms with Crippen LogP contribution in [0.3, 0.4) is 0 Å². The summed E-state index contributed by atoms with van der Waals surface area (Å²) in [5, 5.41) is 0. The molecule has 1 fully saturated rings. The summed E-state index contributed by atoms with van der Waals surface area (Å²) in [4.78, 5) is 5.06. The number of sulfone groups is 1. The van der Waals surface area contributed by atoms with Crippen molar-refractivity contribution in [3.05, 3.63) is 24.3 Å². The van der Waals surface area contributed by atoms with E-state index in [0.29, 0.717) is 11.4 Å². The predicted molar refractivity (Wildman–Crippen MR) is 81.9 cm³/mol. The first-order chi connectivity index (χ1) is 9.50. The summed E-state index contributed by atoms with van der Waals surface area (Å²) in [6.07, 6.45) is 2.34. The van der Waals surface area contributed by atoms with E-state index < -0.39 is 9.84 Å². The van der Waals surface area contributed by atoms with E-state index in [1.165, 1.54) is 6.26 Å². The normalized spacial score (nSPS) is 18.0. The number of nitrogens with two attached hydrogens (primary N) is 1. The monoisotopic (exact) mass is 297 g/mol. The maximum absolute atomic E-state index is 11.5. The lowest BCUT2D eigenvalue weighted by atomic mass is 10.2. The Morgan fingerprint density at radius 2 is 1.80 bits per heavy atom. The molecule has 1 aromatic carbocycles. The summed E-state index contributed by atoms with van der Waals surface area (Å²) in [6.45, 7) is 5.68. The van der Waals surface area contributed by atoms with Crippen molar-refractivity contribution in [2.45, 2.75) is 11.3 Å². The highest BCUT2D eigenvalue weighted by atomic mass is 32.2. The number of hydrogen-bond acceptors (Lipinski definition) is 5. The van der Waals surface area contributed by atoms with Crippen LogP contribution in [0.25, 0.3) is 0 Å². The number of benzene rings is 1. The molecule has 112 valence electrons. The molecule has 0 unspecified atom stereocenters. The lowest BCUT2D eigenvalue weighted by molar-refractivity contribution is 0.302. The van der Waals surface area contributed by atoms with Crippen LogP contribution in [0, 0.1) is 0 Å². The third-order valence-corrected chi connectivity index (χ3v) is 4.79. The highest BCUT2D eigenvalue weighted by Gasteiger charge is 2.15. The summed E-state index contributed by atoms with van der Waals surface area (Å²) in [5.41, 5.74) is 6.69. The molecular formula is C14H23N3O2S. The molecule has 20 heavy (non-hydrogen) atoms. The maximum atomic E-state index is 11.5. The highest BCUT2D eigenvalue weighted by Crippen LogP contribution is 2.19. The van der Waals surface area contributed by atoms with Crippen molar-refractivity contribution >= 4 is 15.5 Å². The van der Waals surface area contributed by atoms with Crippen molar-refractivity contribution in [1.82, 2.24) is 4.90 Å². The van der Waals surface area contributed by atoms with Crippen LogP contribution in [0.4, 0.5) is 5.69 Å². The highest BCUT2D eigenvalue weighted by molar-refractivity contribution is 7.90. The molecule has 1 aliphatic heterocycles. The van der Waals surface area contributed by atoms with Crippen LogP contribution in [-0.4, -0.2) is 58.8 Å². The molecule has 0 saturated carbocycles. The third-order valence-electron chi connectivity index (χ3n) is 3.66. The number of nitrogens with zero attached hydrogens (tertiary/aromatic N) is 2. The lowest BCUT2D eigenvalue weighted by Gasteiger charge is -2.23. The fourth-order valence-electron chi connectivity index (χ4n) is 2.54. The largest absolute Gasteiger partial charge is 0.370 e. The second-order valence-electron chi connectivity index (χ2n) is 5.24. The lowest BCUT2D eigenvalue weighted by Crippen LogP contribution is -2.33. The Morgan fingerprint density at radius 3 is 2.40 bits per heavy atom. The minimum absolute atomic E-state index is 0.376. The topological polar surface area (TPSA) is 66.6 Å². The van der Waals surface area contributed by atoms with Gasteiger partial charge in [0.2, 0.25) is 0 Å². The van der Waals surface area contributed by atoms with E-state index in [9.17, 15) is 8.42 Å². The summed E-state index contributed by atoms with van der Waals surface area (Å²) in [7, 11) is -3.11. The van der Waals surface area contributed by atoms with Gasteiger partial charge in [-0.15, -0.1) is 0 Å². The fraction of sp³-hybridized carbons (Fsp3) is 0.571. The van der Waals surface area contributed by atoms with Crippen LogP contribution in [0.1, 0.15) is 6.42 Å². The molecule has 0 amide bonds. The molecule has 0 bridgehead atoms. The van der Waals surface area contributed by atoms with E-state index in [1.54, 1.807) is 12.1 Å². The second-order valence-corrected chi connectivity index (χ2v) is 7.25. The van der Waals surface area contributed by atoms with Gasteiger partial charge in [-0.25, -0.2) is 8.42 Å². The first-order valence-corrected chi connectivity index (χ1v) is 8.87. The average Bonchev–Trinajstić information content (AvgIpc) is 2.64. The molecule has 1 saturated heterocycles. The van der Waals surface area contributed by atoms with Gasteiger partial charge in [0, 0.05) is 44.7 Å². The zero-order valence-corrected chi connectivity index (χ0v) is 12.8. The fourth-order valence-corrected chi connectivity index (χ4v) is 3.17. The molecule has 0 atom stereocenters. The van der Waals surface area contributed by atoms with Crippen LogP contribution in [0.2, 0.25) is 0 Å². The summed E-state index contributed by atoms with van der Waals surface area (Å²) < 4.78 is 22.9. The van der Waals surface area contributed by atoms with Gasteiger partial charge >= 0.3 is 0 Å². The van der Waals surface area contributed by atoms with Crippen LogP contribution < -0.4 is 10.6 Å². The average molecular weight is 297 g/mol. The first-order valence-electron chi connectivity index (χ1n) is 6.98. The molecule has 6 heteroatoms. The van der Waals surface area contributed by atoms with Gasteiger partial charge in [0.15, 0.2) is 9.84 Å². The summed E-state index contributed by atoms with van der Waals surface area (Å²) in [5.74, 6) is 0. The van der Waals surface area contributed by atoms with Crippen LogP contribution >= 0.6 is 0 Å². The Kier molecular flexibility index (Phi) is 5.01. The van der Waals surface area contributed by atoms with Crippen molar-refractivity contribution in [2.24, 2.45) is 5.73 Å². The van der Waals surface area contributed by atoms with Crippen LogP contribution in [0.15, 0.2) is 29.2 Å². The van der Waals surface area contributed by atoms with Crippen LogP contribution in [0.5, 0.6) is 0 Å². The smallest absolute Gasteiger partial charge is 0.175 e. The van der Waals surface area contributed by atoms with Gasteiger partial charge < -0.3 is 15.5 Å². The van der Waals surface area contributed by atoms with E-state index >= 15 is 0 Å². The molecular weight excluding hydrogens is 274 g/mol. The minimum atomic E-state index is -3.11. The Labute approximate surface area is 121 Å². The van der Waals surface area contributed by atoms with E-state index in [2.05, 4.69) is 9.80 Å². The Hall–Kier alpha value is -1.11. The molecule has 0 aliphatic carbocycles. The molecule has 2 rings (SSSR count). The van der Waals surface area contributed by atoms with Crippen LogP contribution in [-0.2, 0) is 9.84 Å². The van der Waals surface area contributed by atoms with Gasteiger partial charge in [-0.3, -0.25) is 0 Å². The van der Waals surface area contributed by atoms with Gasteiger partial charge in [0.05, 0.1) is 4.90 Å². The molecule has 0 radical (unpaired) electrons. The third kappa shape index (κ3) is 3.94. The predicted octanol–water partition coefficient (Wildman–Crippen LogP) is 0.561. The number of hydrogen-bond donors (Lipinski definition) is 1. The second kappa shape index (κ2) is 6.56. The van der Waals surface area contributed by atoms with Crippen molar-refractivity contribution in [1.29, 1.82) is 0 Å². The van der Waals surface area contributed by atoms with Crippen molar-refractivity contribution in [3.8, 4) is 0 Å². The minimum Gasteiger partial charge on any atom is -0.370 e. The van der Waals surface area contributed by atoms with Gasteiger partial charge in [-0.1, -0.05) is 0 Å². The van der Waals surface area contributed by atoms with E-state index in [4.69, 9.17) is 5.73 Å². The zero-order chi connectivity index (χ0) is 14.6. The van der Waals surface area contributed by atoms with Crippen molar-refractivity contribution in [3.63, 3.8) is 0 Å². The van der Waals surface area contributed by atoms with E-state index in [0.717, 1.165) is 44.8 Å². The molecule has 5 nitrogen and oxygen atoms in total. The van der Waals surface area contributed by atoms with Gasteiger partial charge in [-0.05, 0) is 37.2 Å². The Morgan fingerprint density at radius 1 is 1.10 bits per heavy atom. The van der Waals surface area contributed by atoms with Gasteiger partial charge in [0.25, 0.3) is 0 Å². The standard InChI is InChI=1S/C14H23N3O2S/c1-20(18,19)14-5-3-13(4-6-14)17-9-2-8-16(10-7-15)11-12-17/h3-6H,2,7-12,15H2,1H3. The molecule has 1 aliphatic rings. The molecule has 1 aromatic rings. The van der Waals surface area contributed by atoms with Crippen molar-refractivity contribution < 1.29 is 8.42 Å². The van der Waals surface area contributed by atoms with Gasteiger partial charge in [0.1, 0.15) is 0 Å². The quantitative estimate of drug-likeness (QED) is 0.879. The molecule has 0 spiro atoms. The van der Waals surface area contributed by atoms with Crippen molar-refractivity contribution in [2.75, 3.05) is 50.4 Å². The van der Waals surface area contributed by atoms with Gasteiger partial charge in [-0.2, -0.15) is 0 Å². The molecule has 0 aromatic heterocycles. The van der Waals surface area contributed by atoms with E-state index in [1.807, 2.05) is 12.1 Å². The summed E-state index contributed by atoms with van der Waals surface area (Å²) >= 11 is 0. The number of anilines is 1. The first kappa shape index (κ1) is 15.3. The SMILES string of the molecule is CS(=O)(=O)c1ccc(N2CCCN(CCN)CC2)cc1. The molecule has 2 N–H and O–H groups in total.